The minimum atomic E-state index is -0.279. The van der Waals surface area contributed by atoms with E-state index in [4.69, 9.17) is 4.74 Å². The lowest BCUT2D eigenvalue weighted by atomic mass is 10.3. The topological polar surface area (TPSA) is 61.9 Å². The van der Waals surface area contributed by atoms with Crippen LogP contribution < -0.4 is 5.32 Å². The van der Waals surface area contributed by atoms with Crippen LogP contribution in [-0.2, 0) is 9.53 Å². The van der Waals surface area contributed by atoms with Gasteiger partial charge in [0.15, 0.2) is 0 Å². The molecular weight excluding hydrogens is 374 g/mol. The minimum Gasteiger partial charge on any atom is -0.450 e. The van der Waals surface area contributed by atoms with Crippen LogP contribution in [0.15, 0.2) is 64.4 Å². The average Bonchev–Trinajstić information content (AvgIpc) is 2.71. The zero-order chi connectivity index (χ0) is 19.8. The van der Waals surface area contributed by atoms with Crippen molar-refractivity contribution in [2.45, 2.75) is 16.7 Å². The smallest absolute Gasteiger partial charge is 0.409 e. The fraction of sp³-hybridized carbons (Fsp3) is 0.333. The van der Waals surface area contributed by atoms with Gasteiger partial charge >= 0.3 is 6.09 Å². The molecule has 7 heteroatoms. The maximum absolute atomic E-state index is 12.5. The highest BCUT2D eigenvalue weighted by Gasteiger charge is 2.23. The second kappa shape index (κ2) is 10.1. The molecule has 1 N–H and O–H groups in total. The fourth-order valence-corrected chi connectivity index (χ4v) is 3.89. The monoisotopic (exact) mass is 399 g/mol. The van der Waals surface area contributed by atoms with Crippen molar-refractivity contribution in [3.05, 3.63) is 54.6 Å². The van der Waals surface area contributed by atoms with E-state index in [2.05, 4.69) is 10.2 Å². The molecule has 0 radical (unpaired) electrons. The van der Waals surface area contributed by atoms with Gasteiger partial charge in [-0.25, -0.2) is 4.79 Å². The van der Waals surface area contributed by atoms with E-state index in [-0.39, 0.29) is 12.0 Å². The molecule has 28 heavy (non-hydrogen) atoms. The number of hydrogen-bond acceptors (Lipinski definition) is 5. The summed E-state index contributed by atoms with van der Waals surface area (Å²) in [4.78, 5) is 30.2. The summed E-state index contributed by atoms with van der Waals surface area (Å²) in [6.07, 6.45) is -0.279. The van der Waals surface area contributed by atoms with E-state index in [1.807, 2.05) is 54.6 Å². The molecule has 2 aromatic rings. The van der Waals surface area contributed by atoms with E-state index < -0.39 is 0 Å². The number of nitrogens with one attached hydrogen (secondary N) is 1. The van der Waals surface area contributed by atoms with E-state index in [0.717, 1.165) is 15.5 Å². The van der Waals surface area contributed by atoms with Gasteiger partial charge in [0.25, 0.3) is 0 Å². The summed E-state index contributed by atoms with van der Waals surface area (Å²) in [6, 6.07) is 17.9. The number of nitrogens with zero attached hydrogens (tertiary/aromatic N) is 2. The highest BCUT2D eigenvalue weighted by Crippen LogP contribution is 2.33. The molecule has 1 aliphatic rings. The molecule has 6 nitrogen and oxygen atoms in total. The van der Waals surface area contributed by atoms with Crippen LogP contribution in [0.1, 0.15) is 6.92 Å². The lowest BCUT2D eigenvalue weighted by molar-refractivity contribution is -0.117. The maximum Gasteiger partial charge on any atom is 0.409 e. The molecule has 0 aromatic heterocycles. The van der Waals surface area contributed by atoms with Crippen molar-refractivity contribution in [3.63, 3.8) is 0 Å². The van der Waals surface area contributed by atoms with Crippen molar-refractivity contribution in [1.29, 1.82) is 0 Å². The first-order chi connectivity index (χ1) is 13.7. The Morgan fingerprint density at radius 2 is 1.68 bits per heavy atom. The van der Waals surface area contributed by atoms with Crippen molar-refractivity contribution < 1.29 is 14.3 Å². The Morgan fingerprint density at radius 1 is 1.00 bits per heavy atom. The molecular formula is C21H25N3O3S. The van der Waals surface area contributed by atoms with E-state index in [1.54, 1.807) is 23.6 Å². The highest BCUT2D eigenvalue weighted by molar-refractivity contribution is 7.99. The zero-order valence-corrected chi connectivity index (χ0v) is 16.8. The largest absolute Gasteiger partial charge is 0.450 e. The number of anilines is 1. The second-order valence-electron chi connectivity index (χ2n) is 6.42. The summed E-state index contributed by atoms with van der Waals surface area (Å²) < 4.78 is 5.03. The third kappa shape index (κ3) is 5.74. The number of para-hydroxylation sites is 1. The molecule has 148 valence electrons. The number of carbonyl (C=O) groups excluding carboxylic acids is 2. The van der Waals surface area contributed by atoms with Crippen LogP contribution in [0.25, 0.3) is 0 Å². The van der Waals surface area contributed by atoms with Gasteiger partial charge in [-0.15, -0.1) is 0 Å². The Morgan fingerprint density at radius 3 is 2.39 bits per heavy atom. The predicted octanol–water partition coefficient (Wildman–Crippen LogP) is 3.55. The molecule has 1 fully saturated rings. The van der Waals surface area contributed by atoms with Gasteiger partial charge in [0, 0.05) is 36.0 Å². The van der Waals surface area contributed by atoms with Crippen LogP contribution in [0.4, 0.5) is 10.5 Å². The van der Waals surface area contributed by atoms with E-state index in [1.165, 1.54) is 0 Å². The molecule has 1 saturated heterocycles. The number of benzene rings is 2. The quantitative estimate of drug-likeness (QED) is 0.805. The second-order valence-corrected chi connectivity index (χ2v) is 7.54. The maximum atomic E-state index is 12.5. The van der Waals surface area contributed by atoms with Crippen LogP contribution >= 0.6 is 11.8 Å². The first-order valence-corrected chi connectivity index (χ1v) is 10.2. The SMILES string of the molecule is CCOC(=O)N1CCN(CC(=O)Nc2ccccc2Sc2ccccc2)CC1. The van der Waals surface area contributed by atoms with Crippen molar-refractivity contribution in [1.82, 2.24) is 9.80 Å². The van der Waals surface area contributed by atoms with Gasteiger partial charge in [0.2, 0.25) is 5.91 Å². The molecule has 0 bridgehead atoms. The standard InChI is InChI=1S/C21H25N3O3S/c1-2-27-21(26)24-14-12-23(13-15-24)16-20(25)22-18-10-6-7-11-19(18)28-17-8-4-3-5-9-17/h3-11H,2,12-16H2,1H3,(H,22,25). The van der Waals surface area contributed by atoms with E-state index in [9.17, 15) is 9.59 Å². The van der Waals surface area contributed by atoms with E-state index in [0.29, 0.717) is 39.3 Å². The van der Waals surface area contributed by atoms with Crippen molar-refractivity contribution in [2.24, 2.45) is 0 Å². The van der Waals surface area contributed by atoms with Gasteiger partial charge < -0.3 is 15.0 Å². The summed E-state index contributed by atoms with van der Waals surface area (Å²) in [5, 5.41) is 3.03. The Bertz CT molecular complexity index is 792. The molecule has 0 atom stereocenters. The van der Waals surface area contributed by atoms with Crippen LogP contribution in [-0.4, -0.2) is 61.1 Å². The number of piperazine rings is 1. The Kier molecular flexibility index (Phi) is 7.33. The molecule has 2 aromatic carbocycles. The van der Waals surface area contributed by atoms with Crippen molar-refractivity contribution >= 4 is 29.4 Å². The zero-order valence-electron chi connectivity index (χ0n) is 16.0. The fourth-order valence-electron chi connectivity index (χ4n) is 2.97. The van der Waals surface area contributed by atoms with Gasteiger partial charge in [0.05, 0.1) is 18.8 Å². The summed E-state index contributed by atoms with van der Waals surface area (Å²) in [5.74, 6) is -0.0503. The lowest BCUT2D eigenvalue weighted by Crippen LogP contribution is -2.50. The minimum absolute atomic E-state index is 0.0503. The van der Waals surface area contributed by atoms with Crippen LogP contribution in [0.3, 0.4) is 0 Å². The summed E-state index contributed by atoms with van der Waals surface area (Å²) in [5.41, 5.74) is 0.812. The molecule has 2 amide bonds. The average molecular weight is 400 g/mol. The van der Waals surface area contributed by atoms with E-state index >= 15 is 0 Å². The van der Waals surface area contributed by atoms with Crippen LogP contribution in [0.5, 0.6) is 0 Å². The third-order valence-corrected chi connectivity index (χ3v) is 5.48. The Labute approximate surface area is 169 Å². The molecule has 3 rings (SSSR count). The van der Waals surface area contributed by atoms with Crippen molar-refractivity contribution in [2.75, 3.05) is 44.6 Å². The normalized spacial score (nSPS) is 14.5. The van der Waals surface area contributed by atoms with Gasteiger partial charge in [-0.3, -0.25) is 9.69 Å². The Balaban J connectivity index is 1.52. The number of carbonyl (C=O) groups is 2. The predicted molar refractivity (Wildman–Crippen MR) is 111 cm³/mol. The number of ether oxygens (including phenoxy) is 1. The molecule has 0 aliphatic carbocycles. The number of hydrogen-bond donors (Lipinski definition) is 1. The van der Waals surface area contributed by atoms with Gasteiger partial charge in [-0.2, -0.15) is 0 Å². The molecule has 0 saturated carbocycles. The number of rotatable bonds is 6. The Hall–Kier alpha value is -2.51. The first kappa shape index (κ1) is 20.2. The molecule has 0 unspecified atom stereocenters. The molecule has 1 heterocycles. The molecule has 1 aliphatic heterocycles. The summed E-state index contributed by atoms with van der Waals surface area (Å²) in [6.45, 7) is 4.95. The summed E-state index contributed by atoms with van der Waals surface area (Å²) >= 11 is 1.62. The van der Waals surface area contributed by atoms with Gasteiger partial charge in [0.1, 0.15) is 0 Å². The highest BCUT2D eigenvalue weighted by atomic mass is 32.2. The van der Waals surface area contributed by atoms with Gasteiger partial charge in [-0.05, 0) is 31.2 Å². The van der Waals surface area contributed by atoms with Crippen molar-refractivity contribution in [3.8, 4) is 0 Å². The van der Waals surface area contributed by atoms with Crippen LogP contribution in [0.2, 0.25) is 0 Å². The summed E-state index contributed by atoms with van der Waals surface area (Å²) in [7, 11) is 0. The number of amides is 2. The van der Waals surface area contributed by atoms with Gasteiger partial charge in [-0.1, -0.05) is 42.1 Å². The lowest BCUT2D eigenvalue weighted by Gasteiger charge is -2.33. The first-order valence-electron chi connectivity index (χ1n) is 9.41. The van der Waals surface area contributed by atoms with Crippen LogP contribution in [0, 0.1) is 0 Å². The third-order valence-electron chi connectivity index (χ3n) is 4.40. The molecule has 0 spiro atoms.